The van der Waals surface area contributed by atoms with Crippen molar-refractivity contribution in [2.75, 3.05) is 26.9 Å². The zero-order valence-electron chi connectivity index (χ0n) is 30.4. The zero-order chi connectivity index (χ0) is 37.7. The third-order valence-electron chi connectivity index (χ3n) is 15.1. The average molecular weight is 733 g/mol. The maximum absolute atomic E-state index is 14.6. The van der Waals surface area contributed by atoms with Gasteiger partial charge in [0, 0.05) is 34.5 Å². The lowest BCUT2D eigenvalue weighted by Crippen LogP contribution is -2.67. The maximum Gasteiger partial charge on any atom is 0.338 e. The van der Waals surface area contributed by atoms with E-state index in [4.69, 9.17) is 23.7 Å². The first kappa shape index (κ1) is 34.7. The summed E-state index contributed by atoms with van der Waals surface area (Å²) < 4.78 is 28.4. The lowest BCUT2D eigenvalue weighted by molar-refractivity contribution is -0.191. The molecule has 5 saturated carbocycles. The second-order valence-corrected chi connectivity index (χ2v) is 17.3. The van der Waals surface area contributed by atoms with Gasteiger partial charge in [-0.3, -0.25) is 14.4 Å². The largest absolute Gasteiger partial charge is 0.466 e. The van der Waals surface area contributed by atoms with Crippen LogP contribution in [0, 0.1) is 52.3 Å². The van der Waals surface area contributed by atoms with Gasteiger partial charge in [-0.2, -0.15) is 0 Å². The fourth-order valence-electron chi connectivity index (χ4n) is 12.7. The minimum atomic E-state index is -1.51. The van der Waals surface area contributed by atoms with Crippen LogP contribution in [0.4, 0.5) is 0 Å². The Bertz CT molecular complexity index is 1970. The molecule has 0 aromatic carbocycles. The molecule has 0 amide bonds. The highest BCUT2D eigenvalue weighted by Crippen LogP contribution is 2.83. The van der Waals surface area contributed by atoms with Crippen LogP contribution in [0.15, 0.2) is 45.1 Å². The molecule has 0 saturated heterocycles. The number of fused-ring (bicyclic) bond motifs is 7. The number of ether oxygens (including phenoxy) is 5. The van der Waals surface area contributed by atoms with Gasteiger partial charge in [-0.25, -0.2) is 14.4 Å². The topological polar surface area (TPSA) is 189 Å². The third kappa shape index (κ3) is 4.26. The first-order valence-corrected chi connectivity index (χ1v) is 18.6. The fourth-order valence-corrected chi connectivity index (χ4v) is 12.7. The Labute approximate surface area is 305 Å². The summed E-state index contributed by atoms with van der Waals surface area (Å²) in [5, 5.41) is 24.6. The van der Waals surface area contributed by atoms with Crippen molar-refractivity contribution in [2.24, 2.45) is 52.3 Å². The molecule has 2 N–H and O–H groups in total. The van der Waals surface area contributed by atoms with Gasteiger partial charge in [0.05, 0.1) is 31.4 Å². The Morgan fingerprint density at radius 3 is 2.32 bits per heavy atom. The van der Waals surface area contributed by atoms with Gasteiger partial charge in [-0.15, -0.1) is 0 Å². The third-order valence-corrected chi connectivity index (χ3v) is 15.1. The molecule has 2 bridgehead atoms. The van der Waals surface area contributed by atoms with Crippen LogP contribution in [0.3, 0.4) is 0 Å². The van der Waals surface area contributed by atoms with E-state index in [1.807, 2.05) is 6.92 Å². The van der Waals surface area contributed by atoms with E-state index >= 15 is 0 Å². The molecule has 7 aliphatic carbocycles. The van der Waals surface area contributed by atoms with Crippen LogP contribution in [-0.2, 0) is 52.5 Å². The van der Waals surface area contributed by atoms with Crippen LogP contribution in [0.1, 0.15) is 66.2 Å². The second kappa shape index (κ2) is 11.0. The molecule has 2 aliphatic heterocycles. The fraction of sp³-hybridized carbons (Fsp3) is 0.650. The van der Waals surface area contributed by atoms with Gasteiger partial charge in [0.25, 0.3) is 0 Å². The number of allylic oxidation sites excluding steroid dienone is 1. The van der Waals surface area contributed by atoms with E-state index in [0.29, 0.717) is 24.0 Å². The molecule has 53 heavy (non-hydrogen) atoms. The minimum Gasteiger partial charge on any atom is -0.466 e. The normalized spacial score (nSPS) is 47.3. The van der Waals surface area contributed by atoms with E-state index in [2.05, 4.69) is 6.92 Å². The number of carbonyl (C=O) groups excluding carboxylic acids is 6. The van der Waals surface area contributed by atoms with Crippen LogP contribution in [-0.4, -0.2) is 90.1 Å². The highest BCUT2D eigenvalue weighted by molar-refractivity contribution is 6.09. The van der Waals surface area contributed by atoms with Gasteiger partial charge in [-0.05, 0) is 85.3 Å². The molecular weight excluding hydrogens is 688 g/mol. The molecular formula is C40H44O13. The number of ketones is 1. The van der Waals surface area contributed by atoms with Gasteiger partial charge in [0.1, 0.15) is 37.1 Å². The molecule has 2 heterocycles. The molecule has 0 radical (unpaired) electrons. The monoisotopic (exact) mass is 732 g/mol. The summed E-state index contributed by atoms with van der Waals surface area (Å²) in [6.07, 6.45) is 1.22. The predicted molar refractivity (Wildman–Crippen MR) is 179 cm³/mol. The van der Waals surface area contributed by atoms with Crippen molar-refractivity contribution in [3.63, 3.8) is 0 Å². The maximum atomic E-state index is 14.6. The Morgan fingerprint density at radius 1 is 0.925 bits per heavy atom. The van der Waals surface area contributed by atoms with Gasteiger partial charge in [0.15, 0.2) is 5.78 Å². The van der Waals surface area contributed by atoms with E-state index in [-0.39, 0.29) is 72.9 Å². The van der Waals surface area contributed by atoms with Crippen molar-refractivity contribution >= 4 is 35.6 Å². The molecule has 282 valence electrons. The van der Waals surface area contributed by atoms with Crippen molar-refractivity contribution in [3.05, 3.63) is 45.1 Å². The summed E-state index contributed by atoms with van der Waals surface area (Å²) in [5.74, 6) is -6.30. The minimum absolute atomic E-state index is 0.00140. The lowest BCUT2D eigenvalue weighted by Gasteiger charge is -2.63. The summed E-state index contributed by atoms with van der Waals surface area (Å²) in [7, 11) is 1.22. The van der Waals surface area contributed by atoms with Crippen LogP contribution in [0.5, 0.6) is 0 Å². The molecule has 0 aromatic rings. The van der Waals surface area contributed by atoms with Crippen LogP contribution >= 0.6 is 0 Å². The van der Waals surface area contributed by atoms with Crippen LogP contribution in [0.25, 0.3) is 0 Å². The number of aliphatic hydroxyl groups is 2. The number of methoxy groups -OCH3 is 1. The quantitative estimate of drug-likeness (QED) is 0.173. The van der Waals surface area contributed by atoms with Crippen molar-refractivity contribution < 1.29 is 62.7 Å². The van der Waals surface area contributed by atoms with E-state index in [1.165, 1.54) is 20.1 Å². The Morgan fingerprint density at radius 2 is 1.62 bits per heavy atom. The molecule has 1 spiro atoms. The van der Waals surface area contributed by atoms with E-state index in [9.17, 15) is 39.0 Å². The molecule has 2 unspecified atom stereocenters. The number of hydrogen-bond acceptors (Lipinski definition) is 13. The van der Waals surface area contributed by atoms with E-state index in [0.717, 1.165) is 17.6 Å². The van der Waals surface area contributed by atoms with Crippen LogP contribution < -0.4 is 0 Å². The molecule has 9 aliphatic rings. The number of carbonyl (C=O) groups is 6. The molecule has 12 atom stereocenters. The Balaban J connectivity index is 1.26. The predicted octanol–water partition coefficient (Wildman–Crippen LogP) is 2.38. The molecule has 13 nitrogen and oxygen atoms in total. The highest BCUT2D eigenvalue weighted by Gasteiger charge is 2.84. The number of hydrogen-bond donors (Lipinski definition) is 2. The molecule has 5 fully saturated rings. The Kier molecular flexibility index (Phi) is 7.19. The summed E-state index contributed by atoms with van der Waals surface area (Å²) in [5.41, 5.74) is -1.65. The lowest BCUT2D eigenvalue weighted by atomic mass is 9.42. The second-order valence-electron chi connectivity index (χ2n) is 17.3. The summed E-state index contributed by atoms with van der Waals surface area (Å²) >= 11 is 0. The zero-order valence-corrected chi connectivity index (χ0v) is 30.4. The van der Waals surface area contributed by atoms with Gasteiger partial charge < -0.3 is 33.9 Å². The smallest absolute Gasteiger partial charge is 0.338 e. The molecule has 9 rings (SSSR count). The first-order valence-electron chi connectivity index (χ1n) is 18.6. The average Bonchev–Trinajstić information content (AvgIpc) is 4.04. The summed E-state index contributed by atoms with van der Waals surface area (Å²) in [4.78, 5) is 80.7. The van der Waals surface area contributed by atoms with Gasteiger partial charge in [-0.1, -0.05) is 19.4 Å². The standard InChI is InChI=1S/C40H44O13/c1-16-8-29(43)52-15-39(48)24-11-23(24)37(3)25(39)12-22-20(14-51-28(42)7-6-27(41)50-13-16)36(47)53-40(22)26(37)10-19-18-9-21(18)38(4)31(19)32(40)30(33(44)34(38)45)17(2)35(46)49-5/h8,18,21,23-26,32,34,45,48H,6-7,9-15H2,1-5H3/b16-8+,30-17-/t18-,21-,23-,24+,25?,26+,32+,34+,37+,38+,39+,40?/m1/s1. The Hall–Kier alpha value is -4.10. The molecule has 13 heteroatoms. The van der Waals surface area contributed by atoms with Crippen LogP contribution in [0.2, 0.25) is 0 Å². The van der Waals surface area contributed by atoms with E-state index in [1.54, 1.807) is 6.92 Å². The van der Waals surface area contributed by atoms with Crippen molar-refractivity contribution in [2.45, 2.75) is 83.5 Å². The number of rotatable bonds is 1. The van der Waals surface area contributed by atoms with E-state index < -0.39 is 88.1 Å². The number of Topliss-reactive ketones (excluding diaryl/α,β-unsaturated/α-hetero) is 1. The van der Waals surface area contributed by atoms with Crippen molar-refractivity contribution in [1.29, 1.82) is 0 Å². The molecule has 0 aromatic heterocycles. The van der Waals surface area contributed by atoms with Crippen molar-refractivity contribution in [3.8, 4) is 0 Å². The van der Waals surface area contributed by atoms with Crippen molar-refractivity contribution in [1.82, 2.24) is 0 Å². The van der Waals surface area contributed by atoms with Gasteiger partial charge in [0.2, 0.25) is 0 Å². The number of cyclic esters (lactones) is 3. The first-order chi connectivity index (χ1) is 25.0. The number of aliphatic hydroxyl groups excluding tert-OH is 1. The number of esters is 5. The summed E-state index contributed by atoms with van der Waals surface area (Å²) in [6.45, 7) is 6.15. The van der Waals surface area contributed by atoms with Gasteiger partial charge >= 0.3 is 29.8 Å². The summed E-state index contributed by atoms with van der Waals surface area (Å²) in [6, 6.07) is 0. The highest BCUT2D eigenvalue weighted by atomic mass is 16.6. The SMILES string of the molecule is COC(=O)/C(C)=C1\C(=O)[C@H](O)[C@]2(C)C3=C(C[C@@H]4C5(OC(=O)C6=C5CC5[C@]4(C)[C@@H]4C[C@@H]4[C@@]5(O)COC(=O)/C=C(\C)COC(=O)CCC(=O)OC6)[C@H]31)[C@H]1C[C@H]12.